The maximum Gasteiger partial charge on any atom is 0.141 e. The van der Waals surface area contributed by atoms with Gasteiger partial charge in [0.2, 0.25) is 0 Å². The molecule has 0 saturated carbocycles. The Morgan fingerprint density at radius 3 is 2.49 bits per heavy atom. The van der Waals surface area contributed by atoms with Crippen LogP contribution in [0.15, 0.2) is 69.8 Å². The lowest BCUT2D eigenvalue weighted by Crippen LogP contribution is -2.11. The van der Waals surface area contributed by atoms with E-state index in [2.05, 4.69) is 66.5 Å². The highest BCUT2D eigenvalue weighted by Gasteiger charge is 2.27. The summed E-state index contributed by atoms with van der Waals surface area (Å²) in [6.45, 7) is 8.22. The lowest BCUT2D eigenvalue weighted by Gasteiger charge is -2.18. The molecule has 0 aliphatic carbocycles. The number of nitrogens with one attached hydrogen (secondary N) is 1. The Kier molecular flexibility index (Phi) is 5.41. The number of anilines is 1. The Hall–Kier alpha value is -4.32. The van der Waals surface area contributed by atoms with Crippen LogP contribution in [0.1, 0.15) is 54.5 Å². The predicted octanol–water partition coefficient (Wildman–Crippen LogP) is 7.43. The second-order valence-corrected chi connectivity index (χ2v) is 9.90. The summed E-state index contributed by atoms with van der Waals surface area (Å²) < 4.78 is 11.4. The average molecular weight is 491 g/mol. The number of hydrogen-bond acceptors (Lipinski definition) is 5. The molecule has 0 radical (unpaired) electrons. The van der Waals surface area contributed by atoms with Crippen LogP contribution in [0.5, 0.6) is 5.75 Å². The quantitative estimate of drug-likeness (QED) is 0.257. The van der Waals surface area contributed by atoms with Gasteiger partial charge in [-0.15, -0.1) is 0 Å². The highest BCUT2D eigenvalue weighted by Crippen LogP contribution is 2.42. The molecule has 0 saturated heterocycles. The molecule has 186 valence electrons. The molecule has 1 unspecified atom stereocenters. The summed E-state index contributed by atoms with van der Waals surface area (Å²) in [5, 5.41) is 7.35. The van der Waals surface area contributed by atoms with Crippen LogP contribution in [0.2, 0.25) is 0 Å². The molecule has 3 aromatic carbocycles. The van der Waals surface area contributed by atoms with Crippen molar-refractivity contribution in [1.82, 2.24) is 10.1 Å². The lowest BCUT2D eigenvalue weighted by molar-refractivity contribution is 0.393. The minimum Gasteiger partial charge on any atom is -0.496 e. The van der Waals surface area contributed by atoms with Gasteiger partial charge in [-0.2, -0.15) is 0 Å². The van der Waals surface area contributed by atoms with Gasteiger partial charge >= 0.3 is 0 Å². The van der Waals surface area contributed by atoms with Gasteiger partial charge in [0.05, 0.1) is 24.1 Å². The van der Waals surface area contributed by atoms with Crippen molar-refractivity contribution in [2.75, 3.05) is 12.8 Å². The van der Waals surface area contributed by atoms with Crippen molar-refractivity contribution in [3.63, 3.8) is 0 Å². The topological polar surface area (TPSA) is 89.4 Å². The van der Waals surface area contributed by atoms with Gasteiger partial charge in [0.15, 0.2) is 0 Å². The van der Waals surface area contributed by atoms with Gasteiger partial charge in [-0.1, -0.05) is 48.5 Å². The number of fused-ring (bicyclic) bond motifs is 4. The number of nitrogens with zero attached hydrogens (tertiary/aromatic N) is 2. The zero-order valence-electron chi connectivity index (χ0n) is 21.8. The maximum absolute atomic E-state index is 6.36. The number of aromatic nitrogens is 2. The maximum atomic E-state index is 6.36. The van der Waals surface area contributed by atoms with E-state index in [4.69, 9.17) is 20.0 Å². The summed E-state index contributed by atoms with van der Waals surface area (Å²) in [6.07, 6.45) is 3.12. The summed E-state index contributed by atoms with van der Waals surface area (Å²) >= 11 is 0. The van der Waals surface area contributed by atoms with Crippen molar-refractivity contribution in [2.24, 2.45) is 4.99 Å². The number of nitrogens with two attached hydrogens (primary N) is 1. The van der Waals surface area contributed by atoms with E-state index in [-0.39, 0.29) is 5.92 Å². The minimum atomic E-state index is 0.274. The number of methoxy groups -OCH3 is 1. The smallest absolute Gasteiger partial charge is 0.141 e. The van der Waals surface area contributed by atoms with Gasteiger partial charge in [-0.05, 0) is 50.8 Å². The predicted molar refractivity (Wildman–Crippen MR) is 151 cm³/mol. The van der Waals surface area contributed by atoms with Gasteiger partial charge in [0.1, 0.15) is 11.5 Å². The summed E-state index contributed by atoms with van der Waals surface area (Å²) in [5.41, 5.74) is 16.2. The van der Waals surface area contributed by atoms with Crippen molar-refractivity contribution >= 4 is 33.1 Å². The van der Waals surface area contributed by atoms with Crippen LogP contribution >= 0.6 is 0 Å². The van der Waals surface area contributed by atoms with Crippen molar-refractivity contribution in [3.8, 4) is 16.9 Å². The van der Waals surface area contributed by atoms with Crippen LogP contribution in [-0.4, -0.2) is 23.0 Å². The molecule has 1 atom stereocenters. The highest BCUT2D eigenvalue weighted by atomic mass is 16.5. The summed E-state index contributed by atoms with van der Waals surface area (Å²) in [5.74, 6) is 1.81. The molecule has 1 aliphatic heterocycles. The fourth-order valence-corrected chi connectivity index (χ4v) is 5.57. The molecular formula is C31H30N4O2. The van der Waals surface area contributed by atoms with Crippen LogP contribution in [0.25, 0.3) is 32.8 Å². The molecule has 0 bridgehead atoms. The first kappa shape index (κ1) is 23.1. The van der Waals surface area contributed by atoms with Gasteiger partial charge in [-0.3, -0.25) is 4.99 Å². The first-order valence-corrected chi connectivity index (χ1v) is 12.6. The second-order valence-electron chi connectivity index (χ2n) is 9.90. The van der Waals surface area contributed by atoms with Crippen molar-refractivity contribution in [1.29, 1.82) is 0 Å². The number of nitrogen functional groups attached to an aromatic ring is 1. The fraction of sp³-hybridized carbons (Fsp3) is 0.226. The summed E-state index contributed by atoms with van der Waals surface area (Å²) in [7, 11) is 1.71. The molecule has 3 N–H and O–H groups in total. The molecular weight excluding hydrogens is 460 g/mol. The van der Waals surface area contributed by atoms with E-state index in [9.17, 15) is 0 Å². The number of H-pyrrole nitrogens is 1. The van der Waals surface area contributed by atoms with Crippen LogP contribution < -0.4 is 10.5 Å². The van der Waals surface area contributed by atoms with E-state index in [0.29, 0.717) is 0 Å². The van der Waals surface area contributed by atoms with Crippen LogP contribution in [-0.2, 0) is 0 Å². The summed E-state index contributed by atoms with van der Waals surface area (Å²) in [4.78, 5) is 8.95. The molecule has 1 aliphatic rings. The lowest BCUT2D eigenvalue weighted by atomic mass is 9.89. The number of allylic oxidation sites excluding steroid dienone is 2. The molecule has 6 heteroatoms. The minimum absolute atomic E-state index is 0.274. The Morgan fingerprint density at radius 1 is 0.973 bits per heavy atom. The highest BCUT2D eigenvalue weighted by molar-refractivity contribution is 6.26. The molecule has 0 spiro atoms. The normalized spacial score (nSPS) is 15.8. The third kappa shape index (κ3) is 3.63. The van der Waals surface area contributed by atoms with Crippen molar-refractivity contribution in [3.05, 3.63) is 88.6 Å². The Labute approximate surface area is 215 Å². The number of ether oxygens (including phenoxy) is 1. The second kappa shape index (κ2) is 8.66. The van der Waals surface area contributed by atoms with E-state index < -0.39 is 0 Å². The summed E-state index contributed by atoms with van der Waals surface area (Å²) in [6, 6.07) is 16.6. The van der Waals surface area contributed by atoms with E-state index in [0.717, 1.165) is 90.3 Å². The number of benzene rings is 3. The van der Waals surface area contributed by atoms with Crippen LogP contribution in [0.4, 0.5) is 5.69 Å². The van der Waals surface area contributed by atoms with Crippen LogP contribution in [0.3, 0.4) is 0 Å². The first-order chi connectivity index (χ1) is 17.9. The van der Waals surface area contributed by atoms with E-state index in [1.54, 1.807) is 7.11 Å². The number of aliphatic imine (C=N–C) groups is 1. The van der Waals surface area contributed by atoms with Crippen LogP contribution in [0, 0.1) is 13.8 Å². The Bertz CT molecular complexity index is 1730. The number of rotatable bonds is 3. The van der Waals surface area contributed by atoms with Crippen molar-refractivity contribution < 1.29 is 9.26 Å². The molecule has 37 heavy (non-hydrogen) atoms. The molecule has 3 heterocycles. The van der Waals surface area contributed by atoms with Gasteiger partial charge < -0.3 is 20.0 Å². The van der Waals surface area contributed by atoms with E-state index in [1.165, 1.54) is 0 Å². The fourth-order valence-electron chi connectivity index (χ4n) is 5.57. The van der Waals surface area contributed by atoms with Gasteiger partial charge in [-0.25, -0.2) is 0 Å². The Morgan fingerprint density at radius 2 is 1.76 bits per heavy atom. The Balaban J connectivity index is 1.69. The molecule has 0 fully saturated rings. The monoisotopic (exact) mass is 490 g/mol. The molecule has 2 aromatic heterocycles. The molecule has 6 nitrogen and oxygen atoms in total. The standard InChI is InChI=1S/C31H30N4O2/c1-16-10-11-17(2)33-31(22-12-13-25(32)21-9-7-6-8-20(21)22)29-23-15-27(36-5)24(14-26(23)34-30(16)29)28-18(3)35-37-19(28)4/h6-9,11-16,34H,10,32H2,1-5H3. The first-order valence-electron chi connectivity index (χ1n) is 12.6. The van der Waals surface area contributed by atoms with Gasteiger partial charge in [0, 0.05) is 56.0 Å². The SMILES string of the molecule is COc1cc2c3c([nH]c2cc1-c1c(C)noc1C)C(C)CC=C(C)N=C3c1ccc(N)c2ccccc12. The zero-order chi connectivity index (χ0) is 25.8. The van der Waals surface area contributed by atoms with E-state index in [1.807, 2.05) is 26.0 Å². The largest absolute Gasteiger partial charge is 0.496 e. The van der Waals surface area contributed by atoms with Gasteiger partial charge in [0.25, 0.3) is 0 Å². The zero-order valence-corrected chi connectivity index (χ0v) is 21.8. The third-order valence-corrected chi connectivity index (χ3v) is 7.45. The third-order valence-electron chi connectivity index (χ3n) is 7.45. The molecule has 6 rings (SSSR count). The van der Waals surface area contributed by atoms with E-state index >= 15 is 0 Å². The number of aromatic amines is 1. The molecule has 0 amide bonds. The number of aryl methyl sites for hydroxylation is 2. The van der Waals surface area contributed by atoms with Crippen molar-refractivity contribution in [2.45, 2.75) is 40.0 Å². The molecule has 5 aromatic rings. The average Bonchev–Trinajstić information content (AvgIpc) is 3.43. The number of hydrogen-bond donors (Lipinski definition) is 2.